The van der Waals surface area contributed by atoms with E-state index < -0.39 is 6.03 Å². The van der Waals surface area contributed by atoms with Gasteiger partial charge >= 0.3 is 6.03 Å². The van der Waals surface area contributed by atoms with Crippen LogP contribution in [0.1, 0.15) is 55.3 Å². The molecule has 1 heterocycles. The van der Waals surface area contributed by atoms with E-state index in [2.05, 4.69) is 10.2 Å². The third-order valence-corrected chi connectivity index (χ3v) is 7.13. The molecule has 33 heavy (non-hydrogen) atoms. The van der Waals surface area contributed by atoms with E-state index in [4.69, 9.17) is 33.0 Å². The lowest BCUT2D eigenvalue weighted by Crippen LogP contribution is -2.47. The van der Waals surface area contributed by atoms with Gasteiger partial charge in [-0.2, -0.15) is 4.98 Å². The average molecular weight is 472 g/mol. The highest BCUT2D eigenvalue weighted by atomic mass is 35.5. The van der Waals surface area contributed by atoms with Crippen LogP contribution in [0.2, 0.25) is 5.02 Å². The van der Waals surface area contributed by atoms with Gasteiger partial charge in [0.1, 0.15) is 5.82 Å². The van der Waals surface area contributed by atoms with E-state index in [0.29, 0.717) is 16.7 Å². The number of fused-ring (bicyclic) bond motifs is 1. The monoisotopic (exact) mass is 471 g/mol. The first kappa shape index (κ1) is 23.6. The highest BCUT2D eigenvalue weighted by molar-refractivity contribution is 6.31. The number of aromatic nitrogens is 2. The number of amides is 2. The number of rotatable bonds is 6. The number of benzene rings is 1. The lowest BCUT2D eigenvalue weighted by atomic mass is 9.89. The summed E-state index contributed by atoms with van der Waals surface area (Å²) in [7, 11) is 4.08. The number of nitrogens with one attached hydrogen (secondary N) is 1. The van der Waals surface area contributed by atoms with Gasteiger partial charge < -0.3 is 21.7 Å². The number of nitrogens with zero attached hydrogens (tertiary/aromatic N) is 4. The fraction of sp³-hybridized carbons (Fsp3) is 0.542. The summed E-state index contributed by atoms with van der Waals surface area (Å²) in [4.78, 5) is 25.8. The van der Waals surface area contributed by atoms with Crippen molar-refractivity contribution in [3.63, 3.8) is 0 Å². The molecular weight excluding hydrogens is 438 g/mol. The number of carbonyl (C=O) groups is 1. The number of hydrogen-bond acceptors (Lipinski definition) is 6. The molecule has 0 radical (unpaired) electrons. The van der Waals surface area contributed by atoms with Gasteiger partial charge in [0.15, 0.2) is 0 Å². The van der Waals surface area contributed by atoms with Crippen molar-refractivity contribution in [3.8, 4) is 0 Å². The Hall–Kier alpha value is -2.58. The molecule has 178 valence electrons. The summed E-state index contributed by atoms with van der Waals surface area (Å²) >= 11 is 6.33. The van der Waals surface area contributed by atoms with Crippen molar-refractivity contribution in [1.29, 1.82) is 0 Å². The molecule has 5 N–H and O–H groups in total. The summed E-state index contributed by atoms with van der Waals surface area (Å²) in [6, 6.07) is 5.26. The van der Waals surface area contributed by atoms with Gasteiger partial charge in [0.05, 0.1) is 11.4 Å². The second kappa shape index (κ2) is 10.1. The minimum atomic E-state index is -0.475. The van der Waals surface area contributed by atoms with Crippen molar-refractivity contribution in [3.05, 3.63) is 40.0 Å². The van der Waals surface area contributed by atoms with Gasteiger partial charge in [0.2, 0.25) is 5.95 Å². The van der Waals surface area contributed by atoms with Crippen molar-refractivity contribution >= 4 is 35.1 Å². The van der Waals surface area contributed by atoms with Crippen molar-refractivity contribution < 1.29 is 4.79 Å². The van der Waals surface area contributed by atoms with E-state index in [1.54, 1.807) is 11.0 Å². The Kier molecular flexibility index (Phi) is 7.24. The van der Waals surface area contributed by atoms with Gasteiger partial charge in [0.25, 0.3) is 0 Å². The molecule has 4 rings (SSSR count). The Labute approximate surface area is 200 Å². The van der Waals surface area contributed by atoms with Crippen LogP contribution in [0.15, 0.2) is 18.2 Å². The molecule has 8 nitrogen and oxygen atoms in total. The second-order valence-electron chi connectivity index (χ2n) is 9.20. The first-order valence-corrected chi connectivity index (χ1v) is 12.2. The molecule has 2 aliphatic rings. The number of primary amides is 1. The van der Waals surface area contributed by atoms with Gasteiger partial charge in [-0.3, -0.25) is 4.90 Å². The molecule has 9 heteroatoms. The van der Waals surface area contributed by atoms with E-state index in [1.165, 1.54) is 24.1 Å². The standard InChI is InChI=1S/C24H34ClN7O/c1-31(2)22-17-6-3-4-8-20(17)29-24(30-22)28-15-10-12-16(13-11-15)32(23(27)33)21-9-5-7-19(25)18(21)14-26/h5,7,9,15-16H,3-4,6,8,10-14,26H2,1-2H3,(H2,27,33)(H,28,29,30)/t15-,16+. The number of carbonyl (C=O) groups excluding carboxylic acids is 1. The summed E-state index contributed by atoms with van der Waals surface area (Å²) in [5.41, 5.74) is 15.6. The maximum absolute atomic E-state index is 12.4. The molecular formula is C24H34ClN7O. The van der Waals surface area contributed by atoms with Crippen LogP contribution in [-0.2, 0) is 19.4 Å². The molecule has 0 saturated heterocycles. The topological polar surface area (TPSA) is 113 Å². The predicted molar refractivity (Wildman–Crippen MR) is 134 cm³/mol. The number of nitrogens with two attached hydrogens (primary N) is 2. The van der Waals surface area contributed by atoms with Crippen molar-refractivity contribution in [2.24, 2.45) is 11.5 Å². The van der Waals surface area contributed by atoms with Gasteiger partial charge in [-0.25, -0.2) is 9.78 Å². The number of halogens is 1. The Morgan fingerprint density at radius 2 is 1.88 bits per heavy atom. The van der Waals surface area contributed by atoms with E-state index in [1.807, 2.05) is 26.2 Å². The lowest BCUT2D eigenvalue weighted by Gasteiger charge is -2.37. The zero-order chi connectivity index (χ0) is 23.5. The maximum atomic E-state index is 12.4. The quantitative estimate of drug-likeness (QED) is 0.589. The highest BCUT2D eigenvalue weighted by Crippen LogP contribution is 2.34. The van der Waals surface area contributed by atoms with E-state index >= 15 is 0 Å². The third-order valence-electron chi connectivity index (χ3n) is 6.78. The Morgan fingerprint density at radius 1 is 1.15 bits per heavy atom. The molecule has 0 spiro atoms. The largest absolute Gasteiger partial charge is 0.362 e. The molecule has 2 amide bonds. The maximum Gasteiger partial charge on any atom is 0.319 e. The van der Waals surface area contributed by atoms with E-state index in [-0.39, 0.29) is 18.6 Å². The fourth-order valence-corrected chi connectivity index (χ4v) is 5.39. The van der Waals surface area contributed by atoms with Gasteiger partial charge in [-0.1, -0.05) is 17.7 Å². The smallest absolute Gasteiger partial charge is 0.319 e. The molecule has 1 aromatic carbocycles. The van der Waals surface area contributed by atoms with E-state index in [0.717, 1.165) is 49.9 Å². The van der Waals surface area contributed by atoms with Crippen LogP contribution in [0.4, 0.5) is 22.2 Å². The van der Waals surface area contributed by atoms with Gasteiger partial charge in [-0.05, 0) is 63.5 Å². The lowest BCUT2D eigenvalue weighted by molar-refractivity contribution is 0.248. The molecule has 0 atom stereocenters. The molecule has 1 fully saturated rings. The van der Waals surface area contributed by atoms with Gasteiger partial charge in [0, 0.05) is 48.9 Å². The Balaban J connectivity index is 1.47. The number of aryl methyl sites for hydroxylation is 1. The van der Waals surface area contributed by atoms with Crippen molar-refractivity contribution in [1.82, 2.24) is 9.97 Å². The molecule has 1 aromatic heterocycles. The van der Waals surface area contributed by atoms with Crippen LogP contribution < -0.4 is 26.6 Å². The molecule has 1 saturated carbocycles. The van der Waals surface area contributed by atoms with Crippen LogP contribution >= 0.6 is 11.6 Å². The molecule has 0 bridgehead atoms. The summed E-state index contributed by atoms with van der Waals surface area (Å²) in [6.07, 6.45) is 7.87. The highest BCUT2D eigenvalue weighted by Gasteiger charge is 2.31. The Morgan fingerprint density at radius 3 is 2.55 bits per heavy atom. The van der Waals surface area contributed by atoms with Crippen LogP contribution in [0.3, 0.4) is 0 Å². The van der Waals surface area contributed by atoms with Crippen LogP contribution in [-0.4, -0.2) is 42.2 Å². The number of anilines is 3. The minimum Gasteiger partial charge on any atom is -0.362 e. The summed E-state index contributed by atoms with van der Waals surface area (Å²) in [5, 5.41) is 4.12. The molecule has 2 aliphatic carbocycles. The van der Waals surface area contributed by atoms with Crippen LogP contribution in [0, 0.1) is 0 Å². The number of urea groups is 1. The van der Waals surface area contributed by atoms with Crippen molar-refractivity contribution in [2.45, 2.75) is 70.0 Å². The normalized spacial score (nSPS) is 20.1. The minimum absolute atomic E-state index is 0.00565. The fourth-order valence-electron chi connectivity index (χ4n) is 5.14. The third kappa shape index (κ3) is 5.01. The summed E-state index contributed by atoms with van der Waals surface area (Å²) in [6.45, 7) is 0.250. The zero-order valence-corrected chi connectivity index (χ0v) is 20.2. The zero-order valence-electron chi connectivity index (χ0n) is 19.5. The van der Waals surface area contributed by atoms with Crippen molar-refractivity contribution in [2.75, 3.05) is 29.2 Å². The summed E-state index contributed by atoms with van der Waals surface area (Å²) < 4.78 is 0. The average Bonchev–Trinajstić information content (AvgIpc) is 2.79. The molecule has 0 unspecified atom stereocenters. The first-order valence-electron chi connectivity index (χ1n) is 11.8. The predicted octanol–water partition coefficient (Wildman–Crippen LogP) is 3.84. The first-order chi connectivity index (χ1) is 15.9. The Bertz CT molecular complexity index is 1000. The second-order valence-corrected chi connectivity index (χ2v) is 9.60. The summed E-state index contributed by atoms with van der Waals surface area (Å²) in [5.74, 6) is 1.72. The SMILES string of the molecule is CN(C)c1nc(N[C@H]2CC[C@@H](N(C(N)=O)c3cccc(Cl)c3CN)CC2)nc2c1CCCC2. The van der Waals surface area contributed by atoms with Crippen LogP contribution in [0.25, 0.3) is 0 Å². The van der Waals surface area contributed by atoms with Gasteiger partial charge in [-0.15, -0.1) is 0 Å². The molecule has 2 aromatic rings. The van der Waals surface area contributed by atoms with E-state index in [9.17, 15) is 4.79 Å². The van der Waals surface area contributed by atoms with Crippen LogP contribution in [0.5, 0.6) is 0 Å². The molecule has 0 aliphatic heterocycles. The number of hydrogen-bond donors (Lipinski definition) is 3.